The van der Waals surface area contributed by atoms with E-state index in [0.717, 1.165) is 38.6 Å². The summed E-state index contributed by atoms with van der Waals surface area (Å²) in [6.07, 6.45) is 5.99. The molecule has 0 aliphatic heterocycles. The molecule has 0 aromatic heterocycles. The molecule has 1 aliphatic carbocycles. The summed E-state index contributed by atoms with van der Waals surface area (Å²) >= 11 is 0. The van der Waals surface area contributed by atoms with Crippen molar-refractivity contribution < 1.29 is 4.79 Å². The highest BCUT2D eigenvalue weighted by Crippen LogP contribution is 2.29. The normalized spacial score (nSPS) is 16.6. The largest absolute Gasteiger partial charge is 0.339 e. The Labute approximate surface area is 98.4 Å². The lowest BCUT2D eigenvalue weighted by Crippen LogP contribution is -2.38. The van der Waals surface area contributed by atoms with Crippen LogP contribution in [-0.2, 0) is 4.79 Å². The van der Waals surface area contributed by atoms with E-state index in [0.29, 0.717) is 12.5 Å². The average molecular weight is 222 g/mol. The van der Waals surface area contributed by atoms with Crippen molar-refractivity contribution in [2.45, 2.75) is 58.4 Å². The smallest absolute Gasteiger partial charge is 0.240 e. The van der Waals surface area contributed by atoms with Gasteiger partial charge >= 0.3 is 0 Å². The SMILES string of the molecule is CCCCN(C(=O)C(C#N)CCC)C1CC1. The molecule has 0 heterocycles. The fraction of sp³-hybridized carbons (Fsp3) is 0.846. The van der Waals surface area contributed by atoms with E-state index in [2.05, 4.69) is 13.0 Å². The van der Waals surface area contributed by atoms with Gasteiger partial charge in [0.05, 0.1) is 6.07 Å². The van der Waals surface area contributed by atoms with Crippen LogP contribution in [0.25, 0.3) is 0 Å². The molecule has 0 saturated heterocycles. The Morgan fingerprint density at radius 3 is 2.56 bits per heavy atom. The van der Waals surface area contributed by atoms with Gasteiger partial charge in [-0.2, -0.15) is 5.26 Å². The van der Waals surface area contributed by atoms with E-state index in [1.54, 1.807) is 0 Å². The molecule has 3 heteroatoms. The molecule has 0 N–H and O–H groups in total. The van der Waals surface area contributed by atoms with Gasteiger partial charge in [0, 0.05) is 12.6 Å². The maximum Gasteiger partial charge on any atom is 0.240 e. The molecular weight excluding hydrogens is 200 g/mol. The number of hydrogen-bond donors (Lipinski definition) is 0. The Kier molecular flexibility index (Phi) is 5.31. The quantitative estimate of drug-likeness (QED) is 0.664. The minimum atomic E-state index is -0.414. The maximum absolute atomic E-state index is 12.2. The van der Waals surface area contributed by atoms with Gasteiger partial charge in [-0.05, 0) is 25.7 Å². The van der Waals surface area contributed by atoms with E-state index in [9.17, 15) is 4.79 Å². The van der Waals surface area contributed by atoms with Crippen molar-refractivity contribution in [2.75, 3.05) is 6.54 Å². The number of nitriles is 1. The van der Waals surface area contributed by atoms with E-state index >= 15 is 0 Å². The molecule has 16 heavy (non-hydrogen) atoms. The molecule has 1 unspecified atom stereocenters. The van der Waals surface area contributed by atoms with E-state index in [-0.39, 0.29) is 5.91 Å². The molecule has 1 rings (SSSR count). The maximum atomic E-state index is 12.2. The van der Waals surface area contributed by atoms with Crippen molar-refractivity contribution in [1.29, 1.82) is 5.26 Å². The number of rotatable bonds is 7. The first-order chi connectivity index (χ1) is 7.74. The molecule has 0 aromatic carbocycles. The van der Waals surface area contributed by atoms with Crippen molar-refractivity contribution in [1.82, 2.24) is 4.90 Å². The Balaban J connectivity index is 2.55. The van der Waals surface area contributed by atoms with Gasteiger partial charge in [-0.3, -0.25) is 4.79 Å². The van der Waals surface area contributed by atoms with Crippen LogP contribution in [0.5, 0.6) is 0 Å². The van der Waals surface area contributed by atoms with E-state index < -0.39 is 5.92 Å². The van der Waals surface area contributed by atoms with Crippen LogP contribution in [0.4, 0.5) is 0 Å². The minimum absolute atomic E-state index is 0.0697. The fourth-order valence-corrected chi connectivity index (χ4v) is 1.92. The van der Waals surface area contributed by atoms with Crippen molar-refractivity contribution in [3.8, 4) is 6.07 Å². The minimum Gasteiger partial charge on any atom is -0.339 e. The Morgan fingerprint density at radius 1 is 1.44 bits per heavy atom. The summed E-state index contributed by atoms with van der Waals surface area (Å²) in [5.74, 6) is -0.345. The predicted octanol–water partition coefficient (Wildman–Crippen LogP) is 2.72. The van der Waals surface area contributed by atoms with Crippen LogP contribution in [0, 0.1) is 17.2 Å². The average Bonchev–Trinajstić information content (AvgIpc) is 3.10. The third kappa shape index (κ3) is 3.52. The lowest BCUT2D eigenvalue weighted by Gasteiger charge is -2.24. The van der Waals surface area contributed by atoms with Crippen molar-refractivity contribution in [3.63, 3.8) is 0 Å². The number of amides is 1. The molecule has 1 atom stereocenters. The van der Waals surface area contributed by atoms with Crippen LogP contribution in [0.1, 0.15) is 52.4 Å². The molecule has 0 aromatic rings. The van der Waals surface area contributed by atoms with Crippen LogP contribution < -0.4 is 0 Å². The van der Waals surface area contributed by atoms with Crippen LogP contribution in [0.3, 0.4) is 0 Å². The van der Waals surface area contributed by atoms with Crippen LogP contribution in [-0.4, -0.2) is 23.4 Å². The molecule has 0 bridgehead atoms. The van der Waals surface area contributed by atoms with Crippen LogP contribution in [0.15, 0.2) is 0 Å². The van der Waals surface area contributed by atoms with Gasteiger partial charge in [-0.1, -0.05) is 26.7 Å². The number of carbonyl (C=O) groups excluding carboxylic acids is 1. The van der Waals surface area contributed by atoms with Gasteiger partial charge in [0.1, 0.15) is 5.92 Å². The summed E-state index contributed by atoms with van der Waals surface area (Å²) in [4.78, 5) is 14.1. The highest BCUT2D eigenvalue weighted by molar-refractivity contribution is 5.81. The van der Waals surface area contributed by atoms with Gasteiger partial charge in [-0.25, -0.2) is 0 Å². The third-order valence-electron chi connectivity index (χ3n) is 3.05. The second-order valence-corrected chi connectivity index (χ2v) is 4.59. The first-order valence-electron chi connectivity index (χ1n) is 6.44. The summed E-state index contributed by atoms with van der Waals surface area (Å²) in [6.45, 7) is 4.98. The summed E-state index contributed by atoms with van der Waals surface area (Å²) in [6, 6.07) is 2.59. The van der Waals surface area contributed by atoms with Crippen molar-refractivity contribution in [3.05, 3.63) is 0 Å². The summed E-state index contributed by atoms with van der Waals surface area (Å²) < 4.78 is 0. The molecule has 1 saturated carbocycles. The van der Waals surface area contributed by atoms with Crippen LogP contribution >= 0.6 is 0 Å². The summed E-state index contributed by atoms with van der Waals surface area (Å²) in [5, 5.41) is 9.01. The van der Waals surface area contributed by atoms with Crippen LogP contribution in [0.2, 0.25) is 0 Å². The van der Waals surface area contributed by atoms with Gasteiger partial charge in [0.2, 0.25) is 5.91 Å². The van der Waals surface area contributed by atoms with E-state index in [1.807, 2.05) is 11.8 Å². The fourth-order valence-electron chi connectivity index (χ4n) is 1.92. The number of hydrogen-bond acceptors (Lipinski definition) is 2. The van der Waals surface area contributed by atoms with Gasteiger partial charge < -0.3 is 4.90 Å². The second kappa shape index (κ2) is 6.52. The molecule has 0 spiro atoms. The zero-order chi connectivity index (χ0) is 12.0. The molecule has 0 radical (unpaired) electrons. The highest BCUT2D eigenvalue weighted by atomic mass is 16.2. The lowest BCUT2D eigenvalue weighted by atomic mass is 10.0. The number of nitrogens with zero attached hydrogens (tertiary/aromatic N) is 2. The highest BCUT2D eigenvalue weighted by Gasteiger charge is 2.34. The first-order valence-corrected chi connectivity index (χ1v) is 6.44. The molecule has 3 nitrogen and oxygen atoms in total. The molecular formula is C13H22N2O. The first kappa shape index (κ1) is 13.0. The topological polar surface area (TPSA) is 44.1 Å². The molecule has 1 aliphatic rings. The van der Waals surface area contributed by atoms with E-state index in [1.165, 1.54) is 0 Å². The lowest BCUT2D eigenvalue weighted by molar-refractivity contribution is -0.134. The number of unbranched alkanes of at least 4 members (excludes halogenated alkanes) is 1. The Morgan fingerprint density at radius 2 is 2.12 bits per heavy atom. The van der Waals surface area contributed by atoms with Gasteiger partial charge in [-0.15, -0.1) is 0 Å². The Bertz CT molecular complexity index is 266. The second-order valence-electron chi connectivity index (χ2n) is 4.59. The van der Waals surface area contributed by atoms with Crippen molar-refractivity contribution >= 4 is 5.91 Å². The molecule has 1 amide bonds. The monoisotopic (exact) mass is 222 g/mol. The molecule has 1 fully saturated rings. The summed E-state index contributed by atoms with van der Waals surface area (Å²) in [5.41, 5.74) is 0. The third-order valence-corrected chi connectivity index (χ3v) is 3.05. The zero-order valence-electron chi connectivity index (χ0n) is 10.4. The standard InChI is InChI=1S/C13H22N2O/c1-3-5-9-15(12-7-8-12)13(16)11(10-14)6-4-2/h11-12H,3-9H2,1-2H3. The van der Waals surface area contributed by atoms with Gasteiger partial charge in [0.15, 0.2) is 0 Å². The number of carbonyl (C=O) groups is 1. The van der Waals surface area contributed by atoms with E-state index in [4.69, 9.17) is 5.26 Å². The van der Waals surface area contributed by atoms with Gasteiger partial charge in [0.25, 0.3) is 0 Å². The zero-order valence-corrected chi connectivity index (χ0v) is 10.4. The predicted molar refractivity (Wildman–Crippen MR) is 63.7 cm³/mol. The van der Waals surface area contributed by atoms with Crippen molar-refractivity contribution in [2.24, 2.45) is 5.92 Å². The molecule has 90 valence electrons. The summed E-state index contributed by atoms with van der Waals surface area (Å²) in [7, 11) is 0. The Hall–Kier alpha value is -1.04.